The molecule has 0 spiro atoms. The van der Waals surface area contributed by atoms with E-state index in [0.717, 1.165) is 16.7 Å². The Morgan fingerprint density at radius 1 is 0.971 bits per heavy atom. The van der Waals surface area contributed by atoms with E-state index in [1.165, 1.54) is 16.7 Å². The standard InChI is InChI=1S/C28H25N3O2S/c1-20-12-14-22(15-13-20)18-25-27(33)31(23-10-6-3-7-11-23)28(34-25)24(19-29)26(32)30-17-16-21-8-4-2-5-9-21/h2-15,25H,16-18H2,1H3,(H,30,32). The number of rotatable bonds is 7. The highest BCUT2D eigenvalue weighted by molar-refractivity contribution is 8.05. The molecule has 1 saturated heterocycles. The van der Waals surface area contributed by atoms with Crippen LogP contribution in [0, 0.1) is 18.3 Å². The van der Waals surface area contributed by atoms with Gasteiger partial charge < -0.3 is 5.32 Å². The van der Waals surface area contributed by atoms with Crippen molar-refractivity contribution in [3.63, 3.8) is 0 Å². The molecule has 1 N–H and O–H groups in total. The van der Waals surface area contributed by atoms with Gasteiger partial charge in [0, 0.05) is 12.2 Å². The van der Waals surface area contributed by atoms with Crippen molar-refractivity contribution in [1.82, 2.24) is 5.32 Å². The Labute approximate surface area is 204 Å². The molecular weight excluding hydrogens is 442 g/mol. The van der Waals surface area contributed by atoms with Gasteiger partial charge in [-0.1, -0.05) is 90.1 Å². The molecule has 1 heterocycles. The summed E-state index contributed by atoms with van der Waals surface area (Å²) in [5.74, 6) is -0.595. The number of nitrogens with zero attached hydrogens (tertiary/aromatic N) is 2. The van der Waals surface area contributed by atoms with E-state index in [1.807, 2.05) is 91.9 Å². The lowest BCUT2D eigenvalue weighted by Crippen LogP contribution is -2.32. The van der Waals surface area contributed by atoms with E-state index in [0.29, 0.717) is 30.1 Å². The first-order chi connectivity index (χ1) is 16.6. The molecule has 3 aromatic rings. The molecule has 0 radical (unpaired) electrons. The van der Waals surface area contributed by atoms with Crippen LogP contribution in [0.15, 0.2) is 95.5 Å². The zero-order valence-electron chi connectivity index (χ0n) is 18.9. The molecule has 0 aliphatic carbocycles. The van der Waals surface area contributed by atoms with Crippen LogP contribution in [0.2, 0.25) is 0 Å². The van der Waals surface area contributed by atoms with E-state index in [1.54, 1.807) is 0 Å². The lowest BCUT2D eigenvalue weighted by atomic mass is 10.1. The molecule has 0 bridgehead atoms. The number of amides is 2. The van der Waals surface area contributed by atoms with Crippen LogP contribution in [-0.4, -0.2) is 23.6 Å². The Bertz CT molecular complexity index is 1230. The van der Waals surface area contributed by atoms with Gasteiger partial charge in [-0.3, -0.25) is 14.5 Å². The zero-order chi connectivity index (χ0) is 23.9. The predicted octanol–water partition coefficient (Wildman–Crippen LogP) is 4.78. The first-order valence-corrected chi connectivity index (χ1v) is 12.0. The lowest BCUT2D eigenvalue weighted by molar-refractivity contribution is -0.117. The van der Waals surface area contributed by atoms with Crippen molar-refractivity contribution in [3.05, 3.63) is 112 Å². The summed E-state index contributed by atoms with van der Waals surface area (Å²) in [6, 6.07) is 29.1. The second-order valence-corrected chi connectivity index (χ2v) is 9.28. The summed E-state index contributed by atoms with van der Waals surface area (Å²) in [7, 11) is 0. The van der Waals surface area contributed by atoms with Crippen molar-refractivity contribution in [3.8, 4) is 6.07 Å². The second kappa shape index (κ2) is 10.9. The van der Waals surface area contributed by atoms with Crippen LogP contribution in [0.4, 0.5) is 5.69 Å². The summed E-state index contributed by atoms with van der Waals surface area (Å²) in [5, 5.41) is 12.7. The van der Waals surface area contributed by atoms with Crippen molar-refractivity contribution in [2.45, 2.75) is 25.0 Å². The minimum absolute atomic E-state index is 0.0401. The topological polar surface area (TPSA) is 73.2 Å². The first-order valence-electron chi connectivity index (χ1n) is 11.1. The van der Waals surface area contributed by atoms with E-state index in [-0.39, 0.29) is 11.5 Å². The average Bonchev–Trinajstić information content (AvgIpc) is 3.17. The average molecular weight is 468 g/mol. The molecule has 34 heavy (non-hydrogen) atoms. The van der Waals surface area contributed by atoms with Gasteiger partial charge in [-0.25, -0.2) is 0 Å². The molecule has 3 aromatic carbocycles. The molecule has 170 valence electrons. The monoisotopic (exact) mass is 467 g/mol. The number of nitriles is 1. The normalized spacial score (nSPS) is 16.8. The summed E-state index contributed by atoms with van der Waals surface area (Å²) in [5.41, 5.74) is 3.90. The van der Waals surface area contributed by atoms with Gasteiger partial charge in [0.2, 0.25) is 5.91 Å². The maximum Gasteiger partial charge on any atom is 0.264 e. The van der Waals surface area contributed by atoms with Crippen LogP contribution in [0.1, 0.15) is 16.7 Å². The number of thioether (sulfide) groups is 1. The molecular formula is C28H25N3O2S. The molecule has 0 aromatic heterocycles. The van der Waals surface area contributed by atoms with Crippen LogP contribution >= 0.6 is 11.8 Å². The Hall–Kier alpha value is -3.82. The van der Waals surface area contributed by atoms with Crippen LogP contribution in [0.25, 0.3) is 0 Å². The van der Waals surface area contributed by atoms with Gasteiger partial charge in [0.25, 0.3) is 5.91 Å². The lowest BCUT2D eigenvalue weighted by Gasteiger charge is -2.18. The molecule has 4 rings (SSSR count). The van der Waals surface area contributed by atoms with Gasteiger partial charge in [-0.15, -0.1) is 0 Å². The van der Waals surface area contributed by atoms with Gasteiger partial charge in [0.1, 0.15) is 16.7 Å². The van der Waals surface area contributed by atoms with Gasteiger partial charge in [0.05, 0.1) is 5.25 Å². The number of para-hydroxylation sites is 1. The molecule has 1 unspecified atom stereocenters. The minimum atomic E-state index is -0.467. The van der Waals surface area contributed by atoms with Crippen LogP contribution in [-0.2, 0) is 22.4 Å². The number of benzene rings is 3. The highest BCUT2D eigenvalue weighted by Gasteiger charge is 2.40. The molecule has 5 nitrogen and oxygen atoms in total. The summed E-state index contributed by atoms with van der Waals surface area (Å²) in [4.78, 5) is 28.0. The number of hydrogen-bond acceptors (Lipinski definition) is 4. The summed E-state index contributed by atoms with van der Waals surface area (Å²) >= 11 is 1.28. The van der Waals surface area contributed by atoms with Crippen LogP contribution in [0.3, 0.4) is 0 Å². The van der Waals surface area contributed by atoms with E-state index < -0.39 is 11.2 Å². The molecule has 6 heteroatoms. The van der Waals surface area contributed by atoms with E-state index >= 15 is 0 Å². The summed E-state index contributed by atoms with van der Waals surface area (Å²) in [6.45, 7) is 2.42. The molecule has 1 fully saturated rings. The summed E-state index contributed by atoms with van der Waals surface area (Å²) < 4.78 is 0. The third-order valence-corrected chi connectivity index (χ3v) is 6.87. The van der Waals surface area contributed by atoms with E-state index in [2.05, 4.69) is 11.4 Å². The van der Waals surface area contributed by atoms with Gasteiger partial charge >= 0.3 is 0 Å². The Kier molecular flexibility index (Phi) is 7.46. The number of nitrogens with one attached hydrogen (secondary N) is 1. The first kappa shape index (κ1) is 23.3. The fraction of sp³-hybridized carbons (Fsp3) is 0.179. The molecule has 0 saturated carbocycles. The van der Waals surface area contributed by atoms with Crippen molar-refractivity contribution < 1.29 is 9.59 Å². The van der Waals surface area contributed by atoms with Gasteiger partial charge in [-0.2, -0.15) is 5.26 Å². The largest absolute Gasteiger partial charge is 0.351 e. The smallest absolute Gasteiger partial charge is 0.264 e. The quantitative estimate of drug-likeness (QED) is 0.401. The highest BCUT2D eigenvalue weighted by atomic mass is 32.2. The van der Waals surface area contributed by atoms with E-state index in [9.17, 15) is 14.9 Å². The maximum atomic E-state index is 13.5. The zero-order valence-corrected chi connectivity index (χ0v) is 19.7. The second-order valence-electron chi connectivity index (χ2n) is 8.09. The molecule has 1 aliphatic rings. The Morgan fingerprint density at radius 2 is 1.62 bits per heavy atom. The van der Waals surface area contributed by atoms with Gasteiger partial charge in [0.15, 0.2) is 0 Å². The predicted molar refractivity (Wildman–Crippen MR) is 136 cm³/mol. The van der Waals surface area contributed by atoms with Crippen LogP contribution < -0.4 is 10.2 Å². The third kappa shape index (κ3) is 5.38. The van der Waals surface area contributed by atoms with Crippen molar-refractivity contribution in [1.29, 1.82) is 5.26 Å². The number of anilines is 1. The number of carbonyl (C=O) groups excluding carboxylic acids is 2. The van der Waals surface area contributed by atoms with Gasteiger partial charge in [-0.05, 0) is 43.0 Å². The fourth-order valence-electron chi connectivity index (χ4n) is 3.79. The molecule has 1 atom stereocenters. The number of hydrogen-bond donors (Lipinski definition) is 1. The SMILES string of the molecule is Cc1ccc(CC2SC(=C(C#N)C(=O)NCCc3ccccc3)N(c3ccccc3)C2=O)cc1. The number of carbonyl (C=O) groups is 2. The number of aryl methyl sites for hydroxylation is 1. The van der Waals surface area contributed by atoms with E-state index in [4.69, 9.17) is 0 Å². The van der Waals surface area contributed by atoms with Crippen molar-refractivity contribution >= 4 is 29.3 Å². The fourth-order valence-corrected chi connectivity index (χ4v) is 5.10. The highest BCUT2D eigenvalue weighted by Crippen LogP contribution is 2.41. The summed E-state index contributed by atoms with van der Waals surface area (Å²) in [6.07, 6.45) is 1.18. The van der Waals surface area contributed by atoms with Crippen molar-refractivity contribution in [2.75, 3.05) is 11.4 Å². The maximum absolute atomic E-state index is 13.5. The minimum Gasteiger partial charge on any atom is -0.351 e. The van der Waals surface area contributed by atoms with Crippen LogP contribution in [0.5, 0.6) is 0 Å². The third-order valence-electron chi connectivity index (χ3n) is 5.60. The molecule has 2 amide bonds. The molecule has 1 aliphatic heterocycles. The van der Waals surface area contributed by atoms with Crippen molar-refractivity contribution in [2.24, 2.45) is 0 Å². The Morgan fingerprint density at radius 3 is 2.26 bits per heavy atom. The Balaban J connectivity index is 1.59.